The molecule has 0 aliphatic heterocycles. The van der Waals surface area contributed by atoms with Gasteiger partial charge in [0.1, 0.15) is 0 Å². The van der Waals surface area contributed by atoms with E-state index in [4.69, 9.17) is 11.6 Å². The van der Waals surface area contributed by atoms with Crippen molar-refractivity contribution < 1.29 is 18.0 Å². The van der Waals surface area contributed by atoms with Crippen LogP contribution in [0.25, 0.3) is 0 Å². The second-order valence-corrected chi connectivity index (χ2v) is 9.42. The van der Waals surface area contributed by atoms with Crippen molar-refractivity contribution in [2.45, 2.75) is 13.8 Å². The van der Waals surface area contributed by atoms with Crippen molar-refractivity contribution >= 4 is 44.8 Å². The van der Waals surface area contributed by atoms with Crippen molar-refractivity contribution in [3.05, 3.63) is 58.6 Å². The van der Waals surface area contributed by atoms with Crippen molar-refractivity contribution in [1.29, 1.82) is 0 Å². The maximum absolute atomic E-state index is 12.8. The van der Waals surface area contributed by atoms with Gasteiger partial charge in [-0.1, -0.05) is 37.6 Å². The van der Waals surface area contributed by atoms with E-state index in [1.165, 1.54) is 25.2 Å². The molecule has 0 atom stereocenters. The van der Waals surface area contributed by atoms with Gasteiger partial charge in [0.05, 0.1) is 33.8 Å². The molecule has 0 aromatic heterocycles. The van der Waals surface area contributed by atoms with E-state index >= 15 is 0 Å². The summed E-state index contributed by atoms with van der Waals surface area (Å²) in [5.41, 5.74) is 1.04. The van der Waals surface area contributed by atoms with Crippen LogP contribution < -0.4 is 14.9 Å². The molecule has 0 aliphatic rings. The van der Waals surface area contributed by atoms with Gasteiger partial charge in [-0.3, -0.25) is 13.9 Å². The Bertz CT molecular complexity index is 1020. The van der Waals surface area contributed by atoms with Gasteiger partial charge in [0.2, 0.25) is 10.0 Å². The minimum absolute atomic E-state index is 0.0945. The maximum Gasteiger partial charge on any atom is 0.257 e. The highest BCUT2D eigenvalue weighted by molar-refractivity contribution is 7.92. The Morgan fingerprint density at radius 3 is 2.34 bits per heavy atom. The molecule has 0 radical (unpaired) electrons. The zero-order valence-corrected chi connectivity index (χ0v) is 18.3. The molecular formula is C20H24ClN3O4S. The molecule has 0 aliphatic carbocycles. The van der Waals surface area contributed by atoms with Crippen LogP contribution in [0.1, 0.15) is 34.6 Å². The fourth-order valence-electron chi connectivity index (χ4n) is 2.45. The number of sulfonamides is 1. The molecule has 0 heterocycles. The van der Waals surface area contributed by atoms with Gasteiger partial charge >= 0.3 is 0 Å². The first-order valence-electron chi connectivity index (χ1n) is 8.92. The number of nitrogens with zero attached hydrogens (tertiary/aromatic N) is 1. The third-order valence-electron chi connectivity index (χ3n) is 4.15. The summed E-state index contributed by atoms with van der Waals surface area (Å²) < 4.78 is 24.6. The molecule has 2 aromatic rings. The SMILES string of the molecule is CC(C)CNC(=O)c1ccccc1NC(=O)c1cc(N(C)S(C)(=O)=O)ccc1Cl. The fraction of sp³-hybridized carbons (Fsp3) is 0.300. The van der Waals surface area contributed by atoms with Crippen LogP contribution in [0.3, 0.4) is 0 Å². The molecule has 9 heteroatoms. The van der Waals surface area contributed by atoms with Gasteiger partial charge in [-0.25, -0.2) is 8.42 Å². The van der Waals surface area contributed by atoms with Gasteiger partial charge in [-0.15, -0.1) is 0 Å². The molecule has 0 saturated carbocycles. The molecule has 0 spiro atoms. The standard InChI is InChI=1S/C20H24ClN3O4S/c1-13(2)12-22-19(25)15-7-5-6-8-18(15)23-20(26)16-11-14(9-10-17(16)21)24(3)29(4,27)28/h5-11,13H,12H2,1-4H3,(H,22,25)(H,23,26). The predicted octanol–water partition coefficient (Wildman–Crippen LogP) is 3.37. The Balaban J connectivity index is 2.31. The summed E-state index contributed by atoms with van der Waals surface area (Å²) in [6.45, 7) is 4.47. The Morgan fingerprint density at radius 2 is 1.72 bits per heavy atom. The topological polar surface area (TPSA) is 95.6 Å². The average molecular weight is 438 g/mol. The zero-order chi connectivity index (χ0) is 21.8. The minimum atomic E-state index is -3.50. The number of carbonyl (C=O) groups excluding carboxylic acids is 2. The molecule has 2 aromatic carbocycles. The highest BCUT2D eigenvalue weighted by Gasteiger charge is 2.19. The third kappa shape index (κ3) is 5.95. The lowest BCUT2D eigenvalue weighted by molar-refractivity contribution is 0.0950. The Labute approximate surface area is 176 Å². The quantitative estimate of drug-likeness (QED) is 0.694. The molecule has 0 saturated heterocycles. The first-order chi connectivity index (χ1) is 13.5. The second kappa shape index (κ2) is 9.28. The number of rotatable bonds is 7. The summed E-state index contributed by atoms with van der Waals surface area (Å²) in [4.78, 5) is 25.3. The first kappa shape index (κ1) is 22.7. The molecule has 0 unspecified atom stereocenters. The Morgan fingerprint density at radius 1 is 1.07 bits per heavy atom. The average Bonchev–Trinajstić information content (AvgIpc) is 2.65. The smallest absolute Gasteiger partial charge is 0.257 e. The van der Waals surface area contributed by atoms with Crippen LogP contribution in [0, 0.1) is 5.92 Å². The lowest BCUT2D eigenvalue weighted by Gasteiger charge is -2.18. The summed E-state index contributed by atoms with van der Waals surface area (Å²) >= 11 is 6.16. The van der Waals surface area contributed by atoms with E-state index in [-0.39, 0.29) is 22.4 Å². The molecule has 0 fully saturated rings. The second-order valence-electron chi connectivity index (χ2n) is 7.00. The summed E-state index contributed by atoms with van der Waals surface area (Å²) in [7, 11) is -2.11. The largest absolute Gasteiger partial charge is 0.352 e. The number of halogens is 1. The van der Waals surface area contributed by atoms with Gasteiger partial charge in [0, 0.05) is 13.6 Å². The van der Waals surface area contributed by atoms with Gasteiger partial charge in [0.25, 0.3) is 11.8 Å². The van der Waals surface area contributed by atoms with Gasteiger partial charge in [0.15, 0.2) is 0 Å². The number of amides is 2. The summed E-state index contributed by atoms with van der Waals surface area (Å²) in [5, 5.41) is 5.67. The number of nitrogens with one attached hydrogen (secondary N) is 2. The van der Waals surface area contributed by atoms with Gasteiger partial charge in [-0.05, 0) is 36.2 Å². The Kier molecular flexibility index (Phi) is 7.26. The van der Waals surface area contributed by atoms with E-state index in [2.05, 4.69) is 10.6 Å². The monoisotopic (exact) mass is 437 g/mol. The van der Waals surface area contributed by atoms with Crippen molar-refractivity contribution in [2.75, 3.05) is 29.5 Å². The van der Waals surface area contributed by atoms with Crippen LogP contribution in [-0.2, 0) is 10.0 Å². The number of para-hydroxylation sites is 1. The molecular weight excluding hydrogens is 414 g/mol. The van der Waals surface area contributed by atoms with Gasteiger partial charge < -0.3 is 10.6 Å². The van der Waals surface area contributed by atoms with Crippen molar-refractivity contribution in [1.82, 2.24) is 5.32 Å². The number of hydrogen-bond donors (Lipinski definition) is 2. The third-order valence-corrected chi connectivity index (χ3v) is 5.68. The van der Waals surface area contributed by atoms with Crippen LogP contribution in [0.5, 0.6) is 0 Å². The molecule has 2 N–H and O–H groups in total. The highest BCUT2D eigenvalue weighted by Crippen LogP contribution is 2.25. The lowest BCUT2D eigenvalue weighted by atomic mass is 10.1. The number of hydrogen-bond acceptors (Lipinski definition) is 4. The van der Waals surface area contributed by atoms with Crippen LogP contribution in [0.15, 0.2) is 42.5 Å². The van der Waals surface area contributed by atoms with Crippen LogP contribution in [-0.4, -0.2) is 40.1 Å². The van der Waals surface area contributed by atoms with E-state index in [9.17, 15) is 18.0 Å². The molecule has 7 nitrogen and oxygen atoms in total. The van der Waals surface area contributed by atoms with E-state index in [1.54, 1.807) is 24.3 Å². The number of benzene rings is 2. The Hall–Kier alpha value is -2.58. The van der Waals surface area contributed by atoms with Crippen LogP contribution in [0.2, 0.25) is 5.02 Å². The van der Waals surface area contributed by atoms with Crippen molar-refractivity contribution in [2.24, 2.45) is 5.92 Å². The normalized spacial score (nSPS) is 11.2. The summed E-state index contributed by atoms with van der Waals surface area (Å²) in [6, 6.07) is 11.0. The molecule has 0 bridgehead atoms. The maximum atomic E-state index is 12.8. The van der Waals surface area contributed by atoms with E-state index < -0.39 is 15.9 Å². The van der Waals surface area contributed by atoms with E-state index in [0.29, 0.717) is 23.5 Å². The molecule has 2 rings (SSSR count). The van der Waals surface area contributed by atoms with Crippen LogP contribution in [0.4, 0.5) is 11.4 Å². The summed E-state index contributed by atoms with van der Waals surface area (Å²) in [6.07, 6.45) is 1.06. The first-order valence-corrected chi connectivity index (χ1v) is 11.2. The summed E-state index contributed by atoms with van der Waals surface area (Å²) in [5.74, 6) is -0.566. The van der Waals surface area contributed by atoms with E-state index in [0.717, 1.165) is 10.6 Å². The highest BCUT2D eigenvalue weighted by atomic mass is 35.5. The zero-order valence-electron chi connectivity index (χ0n) is 16.7. The fourth-order valence-corrected chi connectivity index (χ4v) is 3.15. The van der Waals surface area contributed by atoms with Crippen molar-refractivity contribution in [3.8, 4) is 0 Å². The van der Waals surface area contributed by atoms with Crippen molar-refractivity contribution in [3.63, 3.8) is 0 Å². The predicted molar refractivity (Wildman–Crippen MR) is 116 cm³/mol. The van der Waals surface area contributed by atoms with E-state index in [1.807, 2.05) is 13.8 Å². The number of anilines is 2. The molecule has 2 amide bonds. The molecule has 156 valence electrons. The lowest BCUT2D eigenvalue weighted by Crippen LogP contribution is -2.28. The molecule has 29 heavy (non-hydrogen) atoms. The van der Waals surface area contributed by atoms with Crippen LogP contribution >= 0.6 is 11.6 Å². The minimum Gasteiger partial charge on any atom is -0.352 e. The van der Waals surface area contributed by atoms with Gasteiger partial charge in [-0.2, -0.15) is 0 Å². The number of carbonyl (C=O) groups is 2.